The lowest BCUT2D eigenvalue weighted by Crippen LogP contribution is -2.58. The Morgan fingerprint density at radius 1 is 1.20 bits per heavy atom. The number of carbonyl (C=O) groups excluding carboxylic acids is 1. The molecule has 30 heavy (non-hydrogen) atoms. The molecule has 1 saturated heterocycles. The third kappa shape index (κ3) is 3.86. The molecule has 0 unspecified atom stereocenters. The van der Waals surface area contributed by atoms with Gasteiger partial charge in [-0.15, -0.1) is 0 Å². The van der Waals surface area contributed by atoms with Gasteiger partial charge in [0.25, 0.3) is 0 Å². The van der Waals surface area contributed by atoms with Crippen LogP contribution in [-0.2, 0) is 10.2 Å². The number of hydrogen-bond donors (Lipinski definition) is 1. The Balaban J connectivity index is 1.53. The average molecular weight is 434 g/mol. The zero-order valence-electron chi connectivity index (χ0n) is 16.8. The first-order valence-corrected chi connectivity index (χ1v) is 10.5. The molecule has 0 bridgehead atoms. The van der Waals surface area contributed by atoms with Crippen LogP contribution in [0.15, 0.2) is 42.5 Å². The number of amides is 1. The molecule has 2 aliphatic rings. The molecule has 0 radical (unpaired) electrons. The van der Waals surface area contributed by atoms with Gasteiger partial charge < -0.3 is 19.5 Å². The van der Waals surface area contributed by atoms with Crippen LogP contribution in [0.25, 0.3) is 0 Å². The molecule has 4 rings (SSSR count). The van der Waals surface area contributed by atoms with E-state index < -0.39 is 23.4 Å². The summed E-state index contributed by atoms with van der Waals surface area (Å²) < 4.78 is 24.6. The van der Waals surface area contributed by atoms with E-state index in [0.29, 0.717) is 23.7 Å². The standard InChI is InChI=1S/C23H25ClFNO4/c1-29-20-13-17(25)7-8-19(20)30-21-14-26(12-9-18(21)27)22(28)23(10-2-11-23)15-3-5-16(24)6-4-15/h3-8,13,18,21,27H,2,9-12,14H2,1H3/t18-,21-/m1/s1. The number of aliphatic hydroxyl groups is 1. The summed E-state index contributed by atoms with van der Waals surface area (Å²) in [5, 5.41) is 11.1. The Kier molecular flexibility index (Phi) is 5.89. The maximum Gasteiger partial charge on any atom is 0.233 e. The van der Waals surface area contributed by atoms with Crippen LogP contribution in [0.5, 0.6) is 11.5 Å². The van der Waals surface area contributed by atoms with E-state index in [-0.39, 0.29) is 18.2 Å². The molecule has 5 nitrogen and oxygen atoms in total. The van der Waals surface area contributed by atoms with Crippen molar-refractivity contribution in [2.45, 2.75) is 43.3 Å². The van der Waals surface area contributed by atoms with Crippen LogP contribution in [0.2, 0.25) is 5.02 Å². The van der Waals surface area contributed by atoms with Gasteiger partial charge in [-0.1, -0.05) is 30.2 Å². The highest BCUT2D eigenvalue weighted by Crippen LogP contribution is 2.46. The molecular formula is C23H25ClFNO4. The summed E-state index contributed by atoms with van der Waals surface area (Å²) in [6.45, 7) is 0.728. The monoisotopic (exact) mass is 433 g/mol. The summed E-state index contributed by atoms with van der Waals surface area (Å²) in [5.41, 5.74) is 0.442. The lowest BCUT2D eigenvalue weighted by molar-refractivity contribution is -0.146. The van der Waals surface area contributed by atoms with Gasteiger partial charge in [-0.3, -0.25) is 4.79 Å². The van der Waals surface area contributed by atoms with E-state index in [1.54, 1.807) is 4.90 Å². The molecule has 2 fully saturated rings. The minimum absolute atomic E-state index is 0.0580. The van der Waals surface area contributed by atoms with Crippen LogP contribution >= 0.6 is 11.6 Å². The number of carbonyl (C=O) groups is 1. The van der Waals surface area contributed by atoms with Crippen LogP contribution in [0.3, 0.4) is 0 Å². The third-order valence-corrected chi connectivity index (χ3v) is 6.48. The van der Waals surface area contributed by atoms with Crippen molar-refractivity contribution < 1.29 is 23.8 Å². The molecule has 1 saturated carbocycles. The van der Waals surface area contributed by atoms with Gasteiger partial charge in [0.05, 0.1) is 25.2 Å². The zero-order chi connectivity index (χ0) is 21.3. The van der Waals surface area contributed by atoms with Gasteiger partial charge in [0.15, 0.2) is 11.5 Å². The van der Waals surface area contributed by atoms with E-state index in [9.17, 15) is 14.3 Å². The van der Waals surface area contributed by atoms with Crippen LogP contribution < -0.4 is 9.47 Å². The van der Waals surface area contributed by atoms with Gasteiger partial charge >= 0.3 is 0 Å². The number of methoxy groups -OCH3 is 1. The van der Waals surface area contributed by atoms with Crippen LogP contribution in [0, 0.1) is 5.82 Å². The second-order valence-electron chi connectivity index (χ2n) is 8.00. The summed E-state index contributed by atoms with van der Waals surface area (Å²) in [6, 6.07) is 11.5. The summed E-state index contributed by atoms with van der Waals surface area (Å²) in [6.07, 6.45) is 1.66. The number of nitrogens with zero attached hydrogens (tertiary/aromatic N) is 1. The number of rotatable bonds is 5. The fourth-order valence-electron chi connectivity index (χ4n) is 4.33. The molecule has 2 aromatic rings. The van der Waals surface area contributed by atoms with Crippen molar-refractivity contribution in [1.29, 1.82) is 0 Å². The van der Waals surface area contributed by atoms with Crippen molar-refractivity contribution >= 4 is 17.5 Å². The molecule has 1 heterocycles. The number of hydrogen-bond acceptors (Lipinski definition) is 4. The van der Waals surface area contributed by atoms with Crippen molar-refractivity contribution in [1.82, 2.24) is 4.90 Å². The van der Waals surface area contributed by atoms with Crippen LogP contribution in [0.1, 0.15) is 31.2 Å². The van der Waals surface area contributed by atoms with Crippen LogP contribution in [0.4, 0.5) is 4.39 Å². The molecule has 1 aliphatic carbocycles. The number of benzene rings is 2. The van der Waals surface area contributed by atoms with Gasteiger partial charge in [0, 0.05) is 17.6 Å². The topological polar surface area (TPSA) is 59.0 Å². The smallest absolute Gasteiger partial charge is 0.233 e. The summed E-state index contributed by atoms with van der Waals surface area (Å²) in [7, 11) is 1.43. The van der Waals surface area contributed by atoms with Gasteiger partial charge in [0.2, 0.25) is 5.91 Å². The van der Waals surface area contributed by atoms with Gasteiger partial charge in [-0.05, 0) is 49.1 Å². The Labute approximate surface area is 180 Å². The van der Waals surface area contributed by atoms with Gasteiger partial charge in [-0.2, -0.15) is 0 Å². The second-order valence-corrected chi connectivity index (χ2v) is 8.44. The number of likely N-dealkylation sites (tertiary alicyclic amines) is 1. The quantitative estimate of drug-likeness (QED) is 0.775. The highest BCUT2D eigenvalue weighted by molar-refractivity contribution is 6.30. The highest BCUT2D eigenvalue weighted by atomic mass is 35.5. The first-order chi connectivity index (χ1) is 14.4. The number of piperidine rings is 1. The Hall–Kier alpha value is -2.31. The van der Waals surface area contributed by atoms with Crippen molar-refractivity contribution in [2.75, 3.05) is 20.2 Å². The van der Waals surface area contributed by atoms with Crippen LogP contribution in [-0.4, -0.2) is 48.3 Å². The van der Waals surface area contributed by atoms with Gasteiger partial charge in [-0.25, -0.2) is 4.39 Å². The third-order valence-electron chi connectivity index (χ3n) is 6.23. The summed E-state index contributed by atoms with van der Waals surface area (Å²) >= 11 is 6.02. The lowest BCUT2D eigenvalue weighted by Gasteiger charge is -2.46. The van der Waals surface area contributed by atoms with E-state index in [4.69, 9.17) is 21.1 Å². The van der Waals surface area contributed by atoms with Crippen molar-refractivity contribution in [3.8, 4) is 11.5 Å². The number of halogens is 2. The molecule has 160 valence electrons. The first kappa shape index (κ1) is 20.9. The lowest BCUT2D eigenvalue weighted by atomic mass is 9.63. The minimum atomic E-state index is -0.725. The summed E-state index contributed by atoms with van der Waals surface area (Å²) in [5.74, 6) is 0.216. The molecule has 0 aromatic heterocycles. The molecule has 0 spiro atoms. The normalized spacial score (nSPS) is 22.9. The zero-order valence-corrected chi connectivity index (χ0v) is 17.6. The first-order valence-electron chi connectivity index (χ1n) is 10.2. The Morgan fingerprint density at radius 3 is 2.57 bits per heavy atom. The fourth-order valence-corrected chi connectivity index (χ4v) is 4.46. The molecule has 1 amide bonds. The van der Waals surface area contributed by atoms with E-state index in [1.807, 2.05) is 24.3 Å². The Morgan fingerprint density at radius 2 is 1.93 bits per heavy atom. The SMILES string of the molecule is COc1cc(F)ccc1O[C@@H]1CN(C(=O)C2(c3ccc(Cl)cc3)CCC2)CC[C@H]1O. The average Bonchev–Trinajstić information content (AvgIpc) is 2.71. The second kappa shape index (κ2) is 8.44. The van der Waals surface area contributed by atoms with Gasteiger partial charge in [0.1, 0.15) is 11.9 Å². The predicted molar refractivity (Wildman–Crippen MR) is 112 cm³/mol. The molecule has 7 heteroatoms. The number of aliphatic hydroxyl groups excluding tert-OH is 1. The Bertz CT molecular complexity index is 916. The van der Waals surface area contributed by atoms with E-state index in [1.165, 1.54) is 25.3 Å². The highest BCUT2D eigenvalue weighted by Gasteiger charge is 2.49. The van der Waals surface area contributed by atoms with Crippen molar-refractivity contribution in [3.63, 3.8) is 0 Å². The van der Waals surface area contributed by atoms with Crippen molar-refractivity contribution in [2.24, 2.45) is 0 Å². The molecule has 1 aliphatic heterocycles. The molecule has 2 aromatic carbocycles. The molecule has 1 N–H and O–H groups in total. The predicted octanol–water partition coefficient (Wildman–Crippen LogP) is 3.95. The summed E-state index contributed by atoms with van der Waals surface area (Å²) in [4.78, 5) is 15.3. The van der Waals surface area contributed by atoms with E-state index in [2.05, 4.69) is 0 Å². The number of ether oxygens (including phenoxy) is 2. The largest absolute Gasteiger partial charge is 0.493 e. The van der Waals surface area contributed by atoms with E-state index in [0.717, 1.165) is 24.8 Å². The molecular weight excluding hydrogens is 409 g/mol. The van der Waals surface area contributed by atoms with E-state index >= 15 is 0 Å². The maximum atomic E-state index is 13.5. The fraction of sp³-hybridized carbons (Fsp3) is 0.435. The van der Waals surface area contributed by atoms with Crippen molar-refractivity contribution in [3.05, 3.63) is 58.9 Å². The molecule has 2 atom stereocenters. The maximum absolute atomic E-state index is 13.5. The minimum Gasteiger partial charge on any atom is -0.493 e.